The third-order valence-corrected chi connectivity index (χ3v) is 6.58. The van der Waals surface area contributed by atoms with Crippen LogP contribution in [-0.2, 0) is 24.3 Å². The van der Waals surface area contributed by atoms with Crippen molar-refractivity contribution in [3.8, 4) is 0 Å². The van der Waals surface area contributed by atoms with Crippen LogP contribution in [0.2, 0.25) is 0 Å². The average molecular weight is 497 g/mol. The van der Waals surface area contributed by atoms with Gasteiger partial charge in [0.05, 0.1) is 30.0 Å². The van der Waals surface area contributed by atoms with Gasteiger partial charge in [0.25, 0.3) is 11.5 Å². The van der Waals surface area contributed by atoms with Crippen molar-refractivity contribution in [1.82, 2.24) is 29.0 Å². The van der Waals surface area contributed by atoms with Crippen LogP contribution in [0.4, 0.5) is 15.0 Å². The lowest BCUT2D eigenvalue weighted by Crippen LogP contribution is -2.43. The van der Waals surface area contributed by atoms with Crippen molar-refractivity contribution in [3.05, 3.63) is 57.5 Å². The minimum atomic E-state index is -1.04. The summed E-state index contributed by atoms with van der Waals surface area (Å²) >= 11 is 0. The van der Waals surface area contributed by atoms with Crippen LogP contribution in [0.1, 0.15) is 41.5 Å². The van der Waals surface area contributed by atoms with Gasteiger partial charge >= 0.3 is 6.09 Å². The lowest BCUT2D eigenvalue weighted by molar-refractivity contribution is -0.116. The molecule has 2 aliphatic heterocycles. The van der Waals surface area contributed by atoms with Crippen LogP contribution < -0.4 is 10.9 Å². The van der Waals surface area contributed by atoms with Gasteiger partial charge in [-0.15, -0.1) is 0 Å². The van der Waals surface area contributed by atoms with E-state index in [0.717, 1.165) is 12.3 Å². The van der Waals surface area contributed by atoms with E-state index in [2.05, 4.69) is 15.4 Å². The summed E-state index contributed by atoms with van der Waals surface area (Å²) < 4.78 is 15.8. The molecule has 0 aliphatic carbocycles. The smallest absolute Gasteiger partial charge is 0.407 e. The molecule has 0 spiro atoms. The first-order valence-electron chi connectivity index (χ1n) is 11.6. The standard InChI is InChI=1S/C23H24FN7O5/c1-2-14-8-19-30(12-18(32)26-17-6-5-13(24)9-25-17)20-16(21(33)31(19)27-14)11-28(22(20)34)10-15-4-3-7-29(15)23(35)36/h5-6,8-9,15H,2-4,7,10-12H2,1H3,(H,35,36)(H,25,26,32)/t15-/m1/s1. The number of likely N-dealkylation sites (tertiary alicyclic amines) is 1. The molecule has 0 saturated carbocycles. The summed E-state index contributed by atoms with van der Waals surface area (Å²) in [6, 6.07) is 3.76. The molecule has 188 valence electrons. The molecule has 3 aromatic heterocycles. The molecule has 0 unspecified atom stereocenters. The fraction of sp³-hybridized carbons (Fsp3) is 0.391. The molecule has 5 heterocycles. The van der Waals surface area contributed by atoms with Crippen LogP contribution in [0.25, 0.3) is 5.65 Å². The van der Waals surface area contributed by atoms with Gasteiger partial charge in [0, 0.05) is 19.2 Å². The third-order valence-electron chi connectivity index (χ3n) is 6.58. The van der Waals surface area contributed by atoms with Crippen LogP contribution in [0.3, 0.4) is 0 Å². The molecule has 1 saturated heterocycles. The Morgan fingerprint density at radius 2 is 2.08 bits per heavy atom. The highest BCUT2D eigenvalue weighted by Gasteiger charge is 2.38. The Morgan fingerprint density at radius 3 is 2.78 bits per heavy atom. The first kappa shape index (κ1) is 23.5. The van der Waals surface area contributed by atoms with Crippen molar-refractivity contribution in [2.75, 3.05) is 18.4 Å². The topological polar surface area (TPSA) is 142 Å². The molecule has 1 atom stereocenters. The molecule has 3 amide bonds. The Kier molecular flexibility index (Phi) is 5.90. The van der Waals surface area contributed by atoms with Gasteiger partial charge in [-0.2, -0.15) is 9.61 Å². The average Bonchev–Trinajstić information content (AvgIpc) is 3.57. The minimum absolute atomic E-state index is 0.00461. The molecule has 0 bridgehead atoms. The Morgan fingerprint density at radius 1 is 1.28 bits per heavy atom. The summed E-state index contributed by atoms with van der Waals surface area (Å²) in [5.41, 5.74) is 0.746. The van der Waals surface area contributed by atoms with Crippen LogP contribution in [0.15, 0.2) is 29.2 Å². The minimum Gasteiger partial charge on any atom is -0.465 e. The number of carbonyl (C=O) groups excluding carboxylic acids is 2. The molecule has 0 aromatic carbocycles. The van der Waals surface area contributed by atoms with Gasteiger partial charge < -0.3 is 24.8 Å². The quantitative estimate of drug-likeness (QED) is 0.523. The number of nitrogens with one attached hydrogen (secondary N) is 1. The van der Waals surface area contributed by atoms with Gasteiger partial charge in [-0.3, -0.25) is 14.4 Å². The number of halogens is 1. The molecular formula is C23H24FN7O5. The van der Waals surface area contributed by atoms with E-state index >= 15 is 0 Å². The second-order valence-electron chi connectivity index (χ2n) is 8.85. The van der Waals surface area contributed by atoms with Crippen molar-refractivity contribution >= 4 is 29.4 Å². The van der Waals surface area contributed by atoms with E-state index in [9.17, 15) is 28.7 Å². The molecule has 0 radical (unpaired) electrons. The van der Waals surface area contributed by atoms with E-state index in [4.69, 9.17) is 0 Å². The van der Waals surface area contributed by atoms with Gasteiger partial charge in [0.1, 0.15) is 29.5 Å². The molecule has 13 heteroatoms. The number of aromatic nitrogens is 4. The predicted octanol–water partition coefficient (Wildman–Crippen LogP) is 1.33. The van der Waals surface area contributed by atoms with E-state index in [-0.39, 0.29) is 42.8 Å². The largest absolute Gasteiger partial charge is 0.465 e. The molecule has 36 heavy (non-hydrogen) atoms. The van der Waals surface area contributed by atoms with Crippen LogP contribution in [-0.4, -0.2) is 71.1 Å². The number of amides is 3. The lowest BCUT2D eigenvalue weighted by atomic mass is 10.2. The Hall–Kier alpha value is -4.29. The molecule has 1 fully saturated rings. The van der Waals surface area contributed by atoms with Crippen LogP contribution in [0.5, 0.6) is 0 Å². The number of rotatable bonds is 6. The van der Waals surface area contributed by atoms with Crippen molar-refractivity contribution in [2.45, 2.75) is 45.3 Å². The molecule has 2 aliphatic rings. The van der Waals surface area contributed by atoms with E-state index in [1.807, 2.05) is 6.92 Å². The summed E-state index contributed by atoms with van der Waals surface area (Å²) in [6.45, 7) is 2.10. The molecule has 5 rings (SSSR count). The SMILES string of the molecule is CCc1cc2n(CC(=O)Nc3ccc(F)cn3)c3c(c(=O)n2n1)CN(C[C@H]1CCCN1C(=O)O)C3=O. The summed E-state index contributed by atoms with van der Waals surface area (Å²) in [6.07, 6.45) is 1.79. The monoisotopic (exact) mass is 497 g/mol. The second-order valence-corrected chi connectivity index (χ2v) is 8.85. The number of aryl methyl sites for hydroxylation is 1. The fourth-order valence-electron chi connectivity index (χ4n) is 4.85. The number of pyridine rings is 1. The normalized spacial score (nSPS) is 17.2. The fourth-order valence-corrected chi connectivity index (χ4v) is 4.85. The maximum absolute atomic E-state index is 13.5. The maximum atomic E-state index is 13.5. The number of nitrogens with zero attached hydrogens (tertiary/aromatic N) is 6. The summed E-state index contributed by atoms with van der Waals surface area (Å²) in [5.74, 6) is -1.39. The molecular weight excluding hydrogens is 473 g/mol. The van der Waals surface area contributed by atoms with Gasteiger partial charge in [-0.25, -0.2) is 14.2 Å². The van der Waals surface area contributed by atoms with Crippen molar-refractivity contribution in [3.63, 3.8) is 0 Å². The summed E-state index contributed by atoms with van der Waals surface area (Å²) in [4.78, 5) is 57.8. The predicted molar refractivity (Wildman–Crippen MR) is 124 cm³/mol. The highest BCUT2D eigenvalue weighted by atomic mass is 19.1. The second kappa shape index (κ2) is 9.06. The number of anilines is 1. The lowest BCUT2D eigenvalue weighted by Gasteiger charge is -2.26. The zero-order valence-corrected chi connectivity index (χ0v) is 19.5. The zero-order valence-electron chi connectivity index (χ0n) is 19.5. The Balaban J connectivity index is 1.50. The van der Waals surface area contributed by atoms with Gasteiger partial charge in [0.2, 0.25) is 5.91 Å². The molecule has 12 nitrogen and oxygen atoms in total. The first-order chi connectivity index (χ1) is 17.3. The van der Waals surface area contributed by atoms with Gasteiger partial charge in [-0.1, -0.05) is 6.92 Å². The maximum Gasteiger partial charge on any atom is 0.407 e. The van der Waals surface area contributed by atoms with Gasteiger partial charge in [-0.05, 0) is 31.4 Å². The first-order valence-corrected chi connectivity index (χ1v) is 11.6. The number of fused-ring (bicyclic) bond motifs is 2. The van der Waals surface area contributed by atoms with E-state index < -0.39 is 29.3 Å². The van der Waals surface area contributed by atoms with E-state index in [0.29, 0.717) is 37.1 Å². The Labute approximate surface area is 203 Å². The van der Waals surface area contributed by atoms with E-state index in [1.54, 1.807) is 6.07 Å². The van der Waals surface area contributed by atoms with Crippen LogP contribution >= 0.6 is 0 Å². The number of hydrogen-bond acceptors (Lipinski definition) is 6. The molecule has 2 N–H and O–H groups in total. The highest BCUT2D eigenvalue weighted by molar-refractivity contribution is 5.98. The molecule has 3 aromatic rings. The summed E-state index contributed by atoms with van der Waals surface area (Å²) in [5, 5.41) is 16.4. The van der Waals surface area contributed by atoms with Crippen molar-refractivity contribution in [1.29, 1.82) is 0 Å². The van der Waals surface area contributed by atoms with Crippen molar-refractivity contribution in [2.24, 2.45) is 0 Å². The van der Waals surface area contributed by atoms with Crippen LogP contribution in [0, 0.1) is 5.82 Å². The van der Waals surface area contributed by atoms with E-state index in [1.165, 1.54) is 24.9 Å². The zero-order chi connectivity index (χ0) is 25.6. The van der Waals surface area contributed by atoms with Gasteiger partial charge in [0.15, 0.2) is 0 Å². The summed E-state index contributed by atoms with van der Waals surface area (Å²) in [7, 11) is 0. The van der Waals surface area contributed by atoms with Crippen molar-refractivity contribution < 1.29 is 23.9 Å². The number of carbonyl (C=O) groups is 3. The Bertz CT molecular complexity index is 1430. The number of hydrogen-bond donors (Lipinski definition) is 2. The number of carboxylic acid groups (broad SMARTS) is 1. The highest BCUT2D eigenvalue weighted by Crippen LogP contribution is 2.26. The third kappa shape index (κ3) is 4.06.